The second-order valence-corrected chi connectivity index (χ2v) is 6.15. The van der Waals surface area contributed by atoms with Gasteiger partial charge in [0.2, 0.25) is 5.91 Å². The van der Waals surface area contributed by atoms with Crippen molar-refractivity contribution >= 4 is 22.8 Å². The lowest BCUT2D eigenvalue weighted by Gasteiger charge is -2.14. The molecule has 1 atom stereocenters. The molecule has 2 aromatic carbocycles. The third-order valence-electron chi connectivity index (χ3n) is 4.29. The maximum Gasteiger partial charge on any atom is 0.326 e. The lowest BCUT2D eigenvalue weighted by molar-refractivity contribution is -0.141. The molecule has 5 nitrogen and oxygen atoms in total. The maximum absolute atomic E-state index is 12.9. The average Bonchev–Trinajstić information content (AvgIpc) is 3.04. The Bertz CT molecular complexity index is 918. The molecule has 0 aliphatic rings. The first kappa shape index (κ1) is 17.7. The van der Waals surface area contributed by atoms with Crippen LogP contribution in [-0.2, 0) is 22.4 Å². The molecule has 0 saturated carbocycles. The summed E-state index contributed by atoms with van der Waals surface area (Å²) in [5.74, 6) is -1.75. The zero-order chi connectivity index (χ0) is 18.5. The van der Waals surface area contributed by atoms with E-state index in [-0.39, 0.29) is 24.6 Å². The summed E-state index contributed by atoms with van der Waals surface area (Å²) in [5, 5.41) is 13.0. The summed E-state index contributed by atoms with van der Waals surface area (Å²) in [7, 11) is 0. The van der Waals surface area contributed by atoms with Crippen LogP contribution in [0.5, 0.6) is 0 Å². The number of hydrogen-bond acceptors (Lipinski definition) is 2. The van der Waals surface area contributed by atoms with Crippen LogP contribution in [0.1, 0.15) is 17.5 Å². The minimum Gasteiger partial charge on any atom is -0.480 e. The molecule has 0 aliphatic carbocycles. The Morgan fingerprint density at radius 2 is 1.85 bits per heavy atom. The van der Waals surface area contributed by atoms with Crippen molar-refractivity contribution < 1.29 is 19.1 Å². The smallest absolute Gasteiger partial charge is 0.326 e. The number of aryl methyl sites for hydroxylation is 1. The number of fused-ring (bicyclic) bond motifs is 1. The van der Waals surface area contributed by atoms with Gasteiger partial charge in [-0.05, 0) is 35.7 Å². The largest absolute Gasteiger partial charge is 0.480 e. The SMILES string of the molecule is O=C(CCc1ccc(F)cc1)N[C@H](Cc1c[nH]c2ccccc12)C(=O)O. The highest BCUT2D eigenvalue weighted by atomic mass is 19.1. The van der Waals surface area contributed by atoms with Crippen LogP contribution in [0.15, 0.2) is 54.7 Å². The quantitative estimate of drug-likeness (QED) is 0.610. The van der Waals surface area contributed by atoms with Gasteiger partial charge >= 0.3 is 5.97 Å². The predicted molar refractivity (Wildman–Crippen MR) is 96.3 cm³/mol. The van der Waals surface area contributed by atoms with Gasteiger partial charge in [-0.15, -0.1) is 0 Å². The molecular formula is C20H19FN2O3. The predicted octanol–water partition coefficient (Wildman–Crippen LogP) is 3.05. The Hall–Kier alpha value is -3.15. The lowest BCUT2D eigenvalue weighted by Crippen LogP contribution is -2.42. The summed E-state index contributed by atoms with van der Waals surface area (Å²) >= 11 is 0. The molecule has 26 heavy (non-hydrogen) atoms. The molecule has 1 aromatic heterocycles. The van der Waals surface area contributed by atoms with E-state index in [4.69, 9.17) is 0 Å². The van der Waals surface area contributed by atoms with Gasteiger partial charge in [0, 0.05) is 29.9 Å². The molecule has 0 radical (unpaired) electrons. The number of H-pyrrole nitrogens is 1. The van der Waals surface area contributed by atoms with Crippen molar-refractivity contribution in [2.24, 2.45) is 0 Å². The first-order valence-corrected chi connectivity index (χ1v) is 8.34. The number of carbonyl (C=O) groups excluding carboxylic acids is 1. The van der Waals surface area contributed by atoms with Gasteiger partial charge in [-0.1, -0.05) is 30.3 Å². The van der Waals surface area contributed by atoms with Gasteiger partial charge < -0.3 is 15.4 Å². The molecule has 0 unspecified atom stereocenters. The number of benzene rings is 2. The van der Waals surface area contributed by atoms with Crippen LogP contribution in [0.3, 0.4) is 0 Å². The maximum atomic E-state index is 12.9. The van der Waals surface area contributed by atoms with Crippen LogP contribution >= 0.6 is 0 Å². The number of carboxylic acids is 1. The Morgan fingerprint density at radius 1 is 1.12 bits per heavy atom. The highest BCUT2D eigenvalue weighted by molar-refractivity contribution is 5.86. The number of aliphatic carboxylic acids is 1. The first-order chi connectivity index (χ1) is 12.5. The van der Waals surface area contributed by atoms with Crippen molar-refractivity contribution in [2.45, 2.75) is 25.3 Å². The molecule has 3 aromatic rings. The van der Waals surface area contributed by atoms with Gasteiger partial charge in [0.25, 0.3) is 0 Å². The molecule has 0 saturated heterocycles. The van der Waals surface area contributed by atoms with Gasteiger partial charge in [0.1, 0.15) is 11.9 Å². The molecule has 0 aliphatic heterocycles. The van der Waals surface area contributed by atoms with E-state index >= 15 is 0 Å². The zero-order valence-corrected chi connectivity index (χ0v) is 14.0. The number of rotatable bonds is 7. The summed E-state index contributed by atoms with van der Waals surface area (Å²) in [4.78, 5) is 26.8. The number of aromatic amines is 1. The summed E-state index contributed by atoms with van der Waals surface area (Å²) < 4.78 is 12.9. The second-order valence-electron chi connectivity index (χ2n) is 6.15. The fourth-order valence-electron chi connectivity index (χ4n) is 2.90. The molecule has 3 rings (SSSR count). The highest BCUT2D eigenvalue weighted by Gasteiger charge is 2.21. The number of amides is 1. The van der Waals surface area contributed by atoms with Crippen LogP contribution in [-0.4, -0.2) is 28.0 Å². The van der Waals surface area contributed by atoms with E-state index in [9.17, 15) is 19.1 Å². The summed E-state index contributed by atoms with van der Waals surface area (Å²) in [6.07, 6.45) is 2.53. The highest BCUT2D eigenvalue weighted by Crippen LogP contribution is 2.19. The number of halogens is 1. The molecule has 1 amide bonds. The van der Waals surface area contributed by atoms with Crippen LogP contribution in [0, 0.1) is 5.82 Å². The summed E-state index contributed by atoms with van der Waals surface area (Å²) in [5.41, 5.74) is 2.59. The third-order valence-corrected chi connectivity index (χ3v) is 4.29. The van der Waals surface area contributed by atoms with Crippen molar-refractivity contribution in [3.05, 3.63) is 71.7 Å². The standard InChI is InChI=1S/C20H19FN2O3/c21-15-8-5-13(6-9-15)7-10-19(24)23-18(20(25)26)11-14-12-22-17-4-2-1-3-16(14)17/h1-6,8-9,12,18,22H,7,10-11H2,(H,23,24)(H,25,26)/t18-/m1/s1. The monoisotopic (exact) mass is 354 g/mol. The van der Waals surface area contributed by atoms with Gasteiger partial charge in [-0.3, -0.25) is 4.79 Å². The Labute approximate surface area is 149 Å². The van der Waals surface area contributed by atoms with E-state index in [1.165, 1.54) is 12.1 Å². The number of nitrogens with one attached hydrogen (secondary N) is 2. The van der Waals surface area contributed by atoms with Crippen molar-refractivity contribution in [3.8, 4) is 0 Å². The summed E-state index contributed by atoms with van der Waals surface area (Å²) in [6, 6.07) is 12.5. The van der Waals surface area contributed by atoms with E-state index in [1.807, 2.05) is 24.3 Å². The average molecular weight is 354 g/mol. The van der Waals surface area contributed by atoms with E-state index in [0.29, 0.717) is 6.42 Å². The molecule has 1 heterocycles. The van der Waals surface area contributed by atoms with E-state index in [2.05, 4.69) is 10.3 Å². The third kappa shape index (κ3) is 4.27. The zero-order valence-electron chi connectivity index (χ0n) is 14.0. The van der Waals surface area contributed by atoms with Crippen LogP contribution in [0.2, 0.25) is 0 Å². The van der Waals surface area contributed by atoms with Gasteiger partial charge in [0.15, 0.2) is 0 Å². The lowest BCUT2D eigenvalue weighted by atomic mass is 10.0. The molecule has 3 N–H and O–H groups in total. The second kappa shape index (κ2) is 7.82. The number of para-hydroxylation sites is 1. The Kier molecular flexibility index (Phi) is 5.31. The van der Waals surface area contributed by atoms with E-state index in [1.54, 1.807) is 18.3 Å². The van der Waals surface area contributed by atoms with Crippen molar-refractivity contribution in [1.82, 2.24) is 10.3 Å². The van der Waals surface area contributed by atoms with Crippen molar-refractivity contribution in [1.29, 1.82) is 0 Å². The van der Waals surface area contributed by atoms with Gasteiger partial charge in [-0.2, -0.15) is 0 Å². The van der Waals surface area contributed by atoms with Crippen molar-refractivity contribution in [3.63, 3.8) is 0 Å². The molecule has 134 valence electrons. The van der Waals surface area contributed by atoms with E-state index < -0.39 is 12.0 Å². The number of carboxylic acid groups (broad SMARTS) is 1. The van der Waals surface area contributed by atoms with Crippen LogP contribution < -0.4 is 5.32 Å². The van der Waals surface area contributed by atoms with Crippen LogP contribution in [0.25, 0.3) is 10.9 Å². The fraction of sp³-hybridized carbons (Fsp3) is 0.200. The Morgan fingerprint density at radius 3 is 2.58 bits per heavy atom. The molecule has 0 spiro atoms. The number of carbonyl (C=O) groups is 2. The number of aromatic nitrogens is 1. The Balaban J connectivity index is 1.62. The molecule has 0 fully saturated rings. The van der Waals surface area contributed by atoms with Crippen LogP contribution in [0.4, 0.5) is 4.39 Å². The van der Waals surface area contributed by atoms with E-state index in [0.717, 1.165) is 22.0 Å². The molecule has 0 bridgehead atoms. The first-order valence-electron chi connectivity index (χ1n) is 8.34. The summed E-state index contributed by atoms with van der Waals surface area (Å²) in [6.45, 7) is 0. The van der Waals surface area contributed by atoms with Crippen molar-refractivity contribution in [2.75, 3.05) is 0 Å². The normalized spacial score (nSPS) is 12.0. The fourth-order valence-corrected chi connectivity index (χ4v) is 2.90. The minimum absolute atomic E-state index is 0.142. The number of hydrogen-bond donors (Lipinski definition) is 3. The topological polar surface area (TPSA) is 82.2 Å². The minimum atomic E-state index is -1.08. The van der Waals surface area contributed by atoms with Gasteiger partial charge in [0.05, 0.1) is 0 Å². The molecular weight excluding hydrogens is 335 g/mol. The van der Waals surface area contributed by atoms with Gasteiger partial charge in [-0.25, -0.2) is 9.18 Å². The molecule has 6 heteroatoms.